The molecule has 0 unspecified atom stereocenters. The van der Waals surface area contributed by atoms with E-state index in [9.17, 15) is 8.78 Å². The molecule has 0 radical (unpaired) electrons. The maximum Gasteiger partial charge on any atom is 0.166 e. The average molecular weight is 247 g/mol. The second-order valence-electron chi connectivity index (χ2n) is 4.28. The van der Waals surface area contributed by atoms with Gasteiger partial charge in [0.25, 0.3) is 0 Å². The Morgan fingerprint density at radius 2 is 1.83 bits per heavy atom. The van der Waals surface area contributed by atoms with Crippen LogP contribution in [-0.2, 0) is 6.54 Å². The third kappa shape index (κ3) is 2.41. The van der Waals surface area contributed by atoms with Crippen molar-refractivity contribution < 1.29 is 8.78 Å². The minimum absolute atomic E-state index is 0.309. The summed E-state index contributed by atoms with van der Waals surface area (Å²) in [5.74, 6) is -1.60. The number of halogens is 2. The second-order valence-corrected chi connectivity index (χ2v) is 4.28. The maximum absolute atomic E-state index is 13.7. The van der Waals surface area contributed by atoms with Gasteiger partial charge < -0.3 is 5.32 Å². The highest BCUT2D eigenvalue weighted by molar-refractivity contribution is 5.68. The summed E-state index contributed by atoms with van der Waals surface area (Å²) in [6.07, 6.45) is 0. The van der Waals surface area contributed by atoms with Gasteiger partial charge in [-0.2, -0.15) is 0 Å². The summed E-state index contributed by atoms with van der Waals surface area (Å²) in [6.45, 7) is 2.66. The molecule has 0 aliphatic rings. The number of benzene rings is 2. The minimum atomic E-state index is -0.814. The fraction of sp³-hybridized carbons (Fsp3) is 0.200. The predicted molar refractivity (Wildman–Crippen MR) is 69.3 cm³/mol. The molecule has 0 heterocycles. The van der Waals surface area contributed by atoms with Crippen LogP contribution in [0.3, 0.4) is 0 Å². The molecule has 0 atom stereocenters. The highest BCUT2D eigenvalue weighted by Gasteiger charge is 2.11. The monoisotopic (exact) mass is 247 g/mol. The van der Waals surface area contributed by atoms with Crippen molar-refractivity contribution in [2.45, 2.75) is 13.5 Å². The lowest BCUT2D eigenvalue weighted by atomic mass is 9.98. The van der Waals surface area contributed by atoms with Crippen LogP contribution < -0.4 is 5.32 Å². The molecular weight excluding hydrogens is 232 g/mol. The summed E-state index contributed by atoms with van der Waals surface area (Å²) < 4.78 is 26.9. The van der Waals surface area contributed by atoms with Crippen molar-refractivity contribution in [3.63, 3.8) is 0 Å². The Morgan fingerprint density at radius 1 is 1.06 bits per heavy atom. The summed E-state index contributed by atoms with van der Waals surface area (Å²) in [6, 6.07) is 9.98. The zero-order chi connectivity index (χ0) is 13.1. The Kier molecular flexibility index (Phi) is 3.72. The first-order chi connectivity index (χ1) is 8.63. The van der Waals surface area contributed by atoms with Crippen LogP contribution in [0.15, 0.2) is 36.4 Å². The Balaban J connectivity index is 2.48. The molecule has 0 fully saturated rings. The van der Waals surface area contributed by atoms with E-state index >= 15 is 0 Å². The zero-order valence-electron chi connectivity index (χ0n) is 10.4. The van der Waals surface area contributed by atoms with Gasteiger partial charge in [0, 0.05) is 12.1 Å². The molecule has 0 saturated carbocycles. The van der Waals surface area contributed by atoms with Crippen LogP contribution in [0.1, 0.15) is 11.1 Å². The van der Waals surface area contributed by atoms with Gasteiger partial charge >= 0.3 is 0 Å². The van der Waals surface area contributed by atoms with Crippen molar-refractivity contribution in [3.8, 4) is 11.1 Å². The Hall–Kier alpha value is -1.74. The number of hydrogen-bond acceptors (Lipinski definition) is 1. The molecule has 0 saturated heterocycles. The van der Waals surface area contributed by atoms with Gasteiger partial charge in [0.2, 0.25) is 0 Å². The SMILES string of the molecule is CNCc1ccc(-c2cccc(F)c2F)c(C)c1. The van der Waals surface area contributed by atoms with Crippen molar-refractivity contribution >= 4 is 0 Å². The molecule has 1 nitrogen and oxygen atoms in total. The number of nitrogens with one attached hydrogen (secondary N) is 1. The fourth-order valence-electron chi connectivity index (χ4n) is 2.05. The van der Waals surface area contributed by atoms with Crippen LogP contribution in [0.5, 0.6) is 0 Å². The van der Waals surface area contributed by atoms with Gasteiger partial charge in [-0.05, 0) is 36.7 Å². The molecule has 2 aromatic carbocycles. The number of aryl methyl sites for hydroxylation is 1. The summed E-state index contributed by atoms with van der Waals surface area (Å²) >= 11 is 0. The standard InChI is InChI=1S/C15H15F2N/c1-10-8-11(9-18-2)6-7-12(10)13-4-3-5-14(16)15(13)17/h3-8,18H,9H2,1-2H3. The third-order valence-corrected chi connectivity index (χ3v) is 2.91. The van der Waals surface area contributed by atoms with E-state index in [1.54, 1.807) is 6.07 Å². The molecule has 0 amide bonds. The van der Waals surface area contributed by atoms with Crippen LogP contribution in [0.25, 0.3) is 11.1 Å². The fourth-order valence-corrected chi connectivity index (χ4v) is 2.05. The van der Waals surface area contributed by atoms with Crippen molar-refractivity contribution in [2.75, 3.05) is 7.05 Å². The Labute approximate surface area is 105 Å². The number of rotatable bonds is 3. The van der Waals surface area contributed by atoms with E-state index in [0.717, 1.165) is 29.3 Å². The predicted octanol–water partition coefficient (Wildman–Crippen LogP) is 3.66. The molecule has 0 aromatic heterocycles. The molecule has 0 aliphatic heterocycles. The third-order valence-electron chi connectivity index (χ3n) is 2.91. The topological polar surface area (TPSA) is 12.0 Å². The largest absolute Gasteiger partial charge is 0.316 e. The van der Waals surface area contributed by atoms with Crippen LogP contribution in [0, 0.1) is 18.6 Å². The highest BCUT2D eigenvalue weighted by Crippen LogP contribution is 2.27. The highest BCUT2D eigenvalue weighted by atomic mass is 19.2. The van der Waals surface area contributed by atoms with Crippen LogP contribution >= 0.6 is 0 Å². The van der Waals surface area contributed by atoms with Gasteiger partial charge in [0.15, 0.2) is 11.6 Å². The Bertz CT molecular complexity index is 564. The van der Waals surface area contributed by atoms with E-state index in [-0.39, 0.29) is 0 Å². The Morgan fingerprint density at radius 3 is 2.50 bits per heavy atom. The van der Waals surface area contributed by atoms with E-state index in [1.165, 1.54) is 6.07 Å². The van der Waals surface area contributed by atoms with E-state index in [1.807, 2.05) is 32.2 Å². The molecule has 0 aliphatic carbocycles. The smallest absolute Gasteiger partial charge is 0.166 e. The lowest BCUT2D eigenvalue weighted by Gasteiger charge is -2.10. The first kappa shape index (κ1) is 12.7. The molecule has 0 spiro atoms. The summed E-state index contributed by atoms with van der Waals surface area (Å²) in [4.78, 5) is 0. The molecule has 2 aromatic rings. The van der Waals surface area contributed by atoms with Crippen molar-refractivity contribution in [3.05, 3.63) is 59.2 Å². The van der Waals surface area contributed by atoms with Gasteiger partial charge in [-0.25, -0.2) is 8.78 Å². The lowest BCUT2D eigenvalue weighted by Crippen LogP contribution is -2.05. The van der Waals surface area contributed by atoms with Gasteiger partial charge in [-0.1, -0.05) is 30.3 Å². The summed E-state index contributed by atoms with van der Waals surface area (Å²) in [5.41, 5.74) is 3.10. The summed E-state index contributed by atoms with van der Waals surface area (Å²) in [5, 5.41) is 3.06. The van der Waals surface area contributed by atoms with E-state index in [4.69, 9.17) is 0 Å². The maximum atomic E-state index is 13.7. The molecule has 94 valence electrons. The van der Waals surface area contributed by atoms with Gasteiger partial charge in [-0.3, -0.25) is 0 Å². The number of hydrogen-bond donors (Lipinski definition) is 1. The van der Waals surface area contributed by atoms with Crippen LogP contribution in [-0.4, -0.2) is 7.05 Å². The molecule has 0 bridgehead atoms. The van der Waals surface area contributed by atoms with Crippen LogP contribution in [0.4, 0.5) is 8.78 Å². The van der Waals surface area contributed by atoms with Gasteiger partial charge in [0.05, 0.1) is 0 Å². The molecule has 18 heavy (non-hydrogen) atoms. The molecule has 1 N–H and O–H groups in total. The molecule has 2 rings (SSSR count). The van der Waals surface area contributed by atoms with Crippen LogP contribution in [0.2, 0.25) is 0 Å². The lowest BCUT2D eigenvalue weighted by molar-refractivity contribution is 0.511. The first-order valence-electron chi connectivity index (χ1n) is 5.82. The van der Waals surface area contributed by atoms with Crippen molar-refractivity contribution in [2.24, 2.45) is 0 Å². The zero-order valence-corrected chi connectivity index (χ0v) is 10.4. The quantitative estimate of drug-likeness (QED) is 0.872. The minimum Gasteiger partial charge on any atom is -0.316 e. The van der Waals surface area contributed by atoms with Crippen molar-refractivity contribution in [1.82, 2.24) is 5.32 Å². The van der Waals surface area contributed by atoms with E-state index in [0.29, 0.717) is 5.56 Å². The van der Waals surface area contributed by atoms with Gasteiger partial charge in [0.1, 0.15) is 0 Å². The van der Waals surface area contributed by atoms with E-state index < -0.39 is 11.6 Å². The average Bonchev–Trinajstić information content (AvgIpc) is 2.34. The first-order valence-corrected chi connectivity index (χ1v) is 5.82. The second kappa shape index (κ2) is 5.27. The normalized spacial score (nSPS) is 10.7. The molecular formula is C15H15F2N. The molecule has 3 heteroatoms. The van der Waals surface area contributed by atoms with Crippen molar-refractivity contribution in [1.29, 1.82) is 0 Å². The summed E-state index contributed by atoms with van der Waals surface area (Å²) in [7, 11) is 1.87. The van der Waals surface area contributed by atoms with Gasteiger partial charge in [-0.15, -0.1) is 0 Å². The van der Waals surface area contributed by atoms with E-state index in [2.05, 4.69) is 5.32 Å².